The van der Waals surface area contributed by atoms with Gasteiger partial charge in [-0.2, -0.15) is 8.78 Å². The molecule has 0 heterocycles. The average Bonchev–Trinajstić information content (AvgIpc) is 2.44. The number of alkyl halides is 2. The first-order valence-corrected chi connectivity index (χ1v) is 6.00. The number of nitrogens with two attached hydrogens (primary N) is 1. The fraction of sp³-hybridized carbons (Fsp3) is 0.462. The summed E-state index contributed by atoms with van der Waals surface area (Å²) in [6.45, 7) is -0.819. The Kier molecular flexibility index (Phi) is 5.69. The first-order chi connectivity index (χ1) is 9.40. The van der Waals surface area contributed by atoms with Crippen LogP contribution in [0.25, 0.3) is 0 Å². The predicted molar refractivity (Wildman–Crippen MR) is 70.2 cm³/mol. The zero-order valence-electron chi connectivity index (χ0n) is 11.6. The molecule has 0 saturated carbocycles. The monoisotopic (exact) mass is 288 g/mol. The average molecular weight is 288 g/mol. The van der Waals surface area contributed by atoms with E-state index < -0.39 is 6.61 Å². The molecule has 7 heteroatoms. The third-order valence-corrected chi connectivity index (χ3v) is 2.95. The van der Waals surface area contributed by atoms with Crippen LogP contribution in [0.2, 0.25) is 0 Å². The van der Waals surface area contributed by atoms with Crippen molar-refractivity contribution in [2.75, 3.05) is 20.7 Å². The SMILES string of the molecule is COc1cc(C(=O)N(C)C(C)CN)ccc1OC(F)F. The smallest absolute Gasteiger partial charge is 0.387 e. The van der Waals surface area contributed by atoms with Gasteiger partial charge in [0, 0.05) is 25.2 Å². The van der Waals surface area contributed by atoms with Gasteiger partial charge in [0.1, 0.15) is 0 Å². The van der Waals surface area contributed by atoms with Gasteiger partial charge in [0.2, 0.25) is 0 Å². The van der Waals surface area contributed by atoms with Gasteiger partial charge >= 0.3 is 6.61 Å². The van der Waals surface area contributed by atoms with Crippen LogP contribution in [0.15, 0.2) is 18.2 Å². The molecule has 1 aromatic rings. The Labute approximate surface area is 116 Å². The maximum Gasteiger partial charge on any atom is 0.387 e. The second-order valence-electron chi connectivity index (χ2n) is 4.24. The van der Waals surface area contributed by atoms with Crippen molar-refractivity contribution in [1.82, 2.24) is 4.90 Å². The largest absolute Gasteiger partial charge is 0.493 e. The van der Waals surface area contributed by atoms with Gasteiger partial charge in [-0.25, -0.2) is 0 Å². The molecule has 0 aliphatic heterocycles. The number of ether oxygens (including phenoxy) is 2. The standard InChI is InChI=1S/C13H18F2N2O3/c1-8(7-16)17(2)12(18)9-4-5-10(20-13(14)15)11(6-9)19-3/h4-6,8,13H,7,16H2,1-3H3. The molecule has 0 spiro atoms. The maximum absolute atomic E-state index is 12.2. The third kappa shape index (κ3) is 3.80. The molecule has 5 nitrogen and oxygen atoms in total. The van der Waals surface area contributed by atoms with Crippen LogP contribution in [0.5, 0.6) is 11.5 Å². The first-order valence-electron chi connectivity index (χ1n) is 6.00. The number of amides is 1. The van der Waals surface area contributed by atoms with E-state index in [0.717, 1.165) is 0 Å². The summed E-state index contributed by atoms with van der Waals surface area (Å²) in [6, 6.07) is 3.91. The van der Waals surface area contributed by atoms with E-state index in [0.29, 0.717) is 12.1 Å². The fourth-order valence-corrected chi connectivity index (χ4v) is 1.56. The van der Waals surface area contributed by atoms with E-state index in [1.807, 2.05) is 6.92 Å². The summed E-state index contributed by atoms with van der Waals surface area (Å²) in [7, 11) is 2.93. The second kappa shape index (κ2) is 7.04. The zero-order valence-corrected chi connectivity index (χ0v) is 11.6. The second-order valence-corrected chi connectivity index (χ2v) is 4.24. The van der Waals surface area contributed by atoms with Gasteiger partial charge in [-0.15, -0.1) is 0 Å². The number of hydrogen-bond donors (Lipinski definition) is 1. The van der Waals surface area contributed by atoms with Crippen LogP contribution in [-0.2, 0) is 0 Å². The number of rotatable bonds is 6. The van der Waals surface area contributed by atoms with E-state index >= 15 is 0 Å². The molecule has 0 bridgehead atoms. The Hall–Kier alpha value is -1.89. The number of hydrogen-bond acceptors (Lipinski definition) is 4. The molecule has 112 valence electrons. The molecule has 1 unspecified atom stereocenters. The Morgan fingerprint density at radius 1 is 1.40 bits per heavy atom. The summed E-state index contributed by atoms with van der Waals surface area (Å²) in [5.74, 6) is -0.316. The molecular formula is C13H18F2N2O3. The third-order valence-electron chi connectivity index (χ3n) is 2.95. The highest BCUT2D eigenvalue weighted by Crippen LogP contribution is 2.29. The summed E-state index contributed by atoms with van der Waals surface area (Å²) in [6.07, 6.45) is 0. The van der Waals surface area contributed by atoms with E-state index in [9.17, 15) is 13.6 Å². The van der Waals surface area contributed by atoms with E-state index in [1.165, 1.54) is 30.2 Å². The molecule has 2 N–H and O–H groups in total. The highest BCUT2D eigenvalue weighted by atomic mass is 19.3. The van der Waals surface area contributed by atoms with Crippen molar-refractivity contribution in [3.8, 4) is 11.5 Å². The van der Waals surface area contributed by atoms with Gasteiger partial charge in [0.15, 0.2) is 11.5 Å². The lowest BCUT2D eigenvalue weighted by atomic mass is 10.1. The van der Waals surface area contributed by atoms with Crippen LogP contribution in [0.4, 0.5) is 8.78 Å². The normalized spacial score (nSPS) is 12.2. The fourth-order valence-electron chi connectivity index (χ4n) is 1.56. The number of halogens is 2. The van der Waals surface area contributed by atoms with Crippen LogP contribution >= 0.6 is 0 Å². The maximum atomic E-state index is 12.2. The number of benzene rings is 1. The van der Waals surface area contributed by atoms with E-state index in [-0.39, 0.29) is 23.4 Å². The Morgan fingerprint density at radius 3 is 2.55 bits per heavy atom. The summed E-state index contributed by atoms with van der Waals surface area (Å²) >= 11 is 0. The molecule has 0 aliphatic carbocycles. The molecule has 0 aliphatic rings. The molecule has 1 atom stereocenters. The van der Waals surface area contributed by atoms with Crippen molar-refractivity contribution in [3.63, 3.8) is 0 Å². The van der Waals surface area contributed by atoms with Crippen LogP contribution in [0, 0.1) is 0 Å². The topological polar surface area (TPSA) is 64.8 Å². The molecule has 20 heavy (non-hydrogen) atoms. The lowest BCUT2D eigenvalue weighted by Crippen LogP contribution is -2.39. The van der Waals surface area contributed by atoms with Crippen molar-refractivity contribution in [2.45, 2.75) is 19.6 Å². The lowest BCUT2D eigenvalue weighted by molar-refractivity contribution is -0.0512. The summed E-state index contributed by atoms with van der Waals surface area (Å²) in [5.41, 5.74) is 5.81. The Morgan fingerprint density at radius 2 is 2.05 bits per heavy atom. The van der Waals surface area contributed by atoms with E-state index in [4.69, 9.17) is 10.5 Å². The van der Waals surface area contributed by atoms with Crippen molar-refractivity contribution >= 4 is 5.91 Å². The van der Waals surface area contributed by atoms with Crippen LogP contribution in [0.3, 0.4) is 0 Å². The van der Waals surface area contributed by atoms with Crippen molar-refractivity contribution in [2.24, 2.45) is 5.73 Å². The van der Waals surface area contributed by atoms with Crippen LogP contribution in [0.1, 0.15) is 17.3 Å². The van der Waals surface area contributed by atoms with E-state index in [2.05, 4.69) is 4.74 Å². The first kappa shape index (κ1) is 16.2. The molecule has 1 aromatic carbocycles. The molecular weight excluding hydrogens is 270 g/mol. The number of likely N-dealkylation sites (N-methyl/N-ethyl adjacent to an activating group) is 1. The van der Waals surface area contributed by atoms with Crippen molar-refractivity contribution in [3.05, 3.63) is 23.8 Å². The van der Waals surface area contributed by atoms with Gasteiger partial charge in [-0.3, -0.25) is 4.79 Å². The minimum atomic E-state index is -2.95. The highest BCUT2D eigenvalue weighted by molar-refractivity contribution is 5.95. The van der Waals surface area contributed by atoms with Gasteiger partial charge in [0.05, 0.1) is 7.11 Å². The highest BCUT2D eigenvalue weighted by Gasteiger charge is 2.19. The molecule has 0 aromatic heterocycles. The minimum absolute atomic E-state index is 0.0740. The molecule has 1 amide bonds. The summed E-state index contributed by atoms with van der Waals surface area (Å²) in [5, 5.41) is 0. The Bertz CT molecular complexity index is 469. The number of carbonyl (C=O) groups excluding carboxylic acids is 1. The quantitative estimate of drug-likeness (QED) is 0.865. The van der Waals surface area contributed by atoms with Gasteiger partial charge in [0.25, 0.3) is 5.91 Å². The van der Waals surface area contributed by atoms with Gasteiger partial charge < -0.3 is 20.1 Å². The van der Waals surface area contributed by atoms with Crippen LogP contribution in [-0.4, -0.2) is 44.2 Å². The number of carbonyl (C=O) groups is 1. The Balaban J connectivity index is 3.00. The molecule has 0 saturated heterocycles. The zero-order chi connectivity index (χ0) is 15.3. The number of methoxy groups -OCH3 is 1. The molecule has 1 rings (SSSR count). The molecule has 0 radical (unpaired) electrons. The van der Waals surface area contributed by atoms with Gasteiger partial charge in [-0.05, 0) is 25.1 Å². The van der Waals surface area contributed by atoms with Crippen LogP contribution < -0.4 is 15.2 Å². The molecule has 0 fully saturated rings. The predicted octanol–water partition coefficient (Wildman–Crippen LogP) is 1.72. The van der Waals surface area contributed by atoms with Crippen molar-refractivity contribution in [1.29, 1.82) is 0 Å². The summed E-state index contributed by atoms with van der Waals surface area (Å²) in [4.78, 5) is 13.6. The minimum Gasteiger partial charge on any atom is -0.493 e. The van der Waals surface area contributed by atoms with E-state index in [1.54, 1.807) is 7.05 Å². The lowest BCUT2D eigenvalue weighted by Gasteiger charge is -2.24. The number of nitrogens with zero attached hydrogens (tertiary/aromatic N) is 1. The van der Waals surface area contributed by atoms with Gasteiger partial charge in [-0.1, -0.05) is 0 Å². The summed E-state index contributed by atoms with van der Waals surface area (Å²) < 4.78 is 33.7. The van der Waals surface area contributed by atoms with Crippen molar-refractivity contribution < 1.29 is 23.0 Å².